The van der Waals surface area contributed by atoms with Gasteiger partial charge in [0.2, 0.25) is 0 Å². The van der Waals surface area contributed by atoms with Gasteiger partial charge in [-0.25, -0.2) is 14.4 Å². The number of nitrogen functional groups attached to an aromatic ring is 1. The Bertz CT molecular complexity index is 458. The number of nitrogens with zero attached hydrogens (tertiary/aromatic N) is 2. The van der Waals surface area contributed by atoms with Gasteiger partial charge in [-0.15, -0.1) is 0 Å². The van der Waals surface area contributed by atoms with Gasteiger partial charge in [-0.2, -0.15) is 0 Å². The number of hydrogen-bond donors (Lipinski definition) is 1. The standard InChI is InChI=1S/C10H8FN3O/c11-7-5-13-10(14-6-7)15-9-4-2-1-3-8(9)12/h1-6H,12H2. The molecule has 15 heavy (non-hydrogen) atoms. The number of aromatic nitrogens is 2. The van der Waals surface area contributed by atoms with Gasteiger partial charge in [-0.1, -0.05) is 12.1 Å². The number of nitrogens with two attached hydrogens (primary N) is 1. The summed E-state index contributed by atoms with van der Waals surface area (Å²) < 4.78 is 17.7. The molecule has 0 radical (unpaired) electrons. The van der Waals surface area contributed by atoms with Crippen molar-refractivity contribution in [3.05, 3.63) is 42.5 Å². The van der Waals surface area contributed by atoms with Crippen LogP contribution in [0.3, 0.4) is 0 Å². The van der Waals surface area contributed by atoms with Crippen LogP contribution in [-0.4, -0.2) is 9.97 Å². The van der Waals surface area contributed by atoms with Crippen LogP contribution < -0.4 is 10.5 Å². The van der Waals surface area contributed by atoms with Crippen molar-refractivity contribution in [2.75, 3.05) is 5.73 Å². The summed E-state index contributed by atoms with van der Waals surface area (Å²) in [5.41, 5.74) is 6.12. The Kier molecular flexibility index (Phi) is 2.45. The largest absolute Gasteiger partial charge is 0.422 e. The molecule has 0 aliphatic rings. The topological polar surface area (TPSA) is 61.0 Å². The maximum atomic E-state index is 12.5. The van der Waals surface area contributed by atoms with Crippen LogP contribution in [0.2, 0.25) is 0 Å². The summed E-state index contributed by atoms with van der Waals surface area (Å²) in [7, 11) is 0. The lowest BCUT2D eigenvalue weighted by Gasteiger charge is -2.05. The molecule has 0 spiro atoms. The number of hydrogen-bond acceptors (Lipinski definition) is 4. The van der Waals surface area contributed by atoms with Crippen molar-refractivity contribution in [3.8, 4) is 11.8 Å². The van der Waals surface area contributed by atoms with Gasteiger partial charge in [0, 0.05) is 0 Å². The number of anilines is 1. The van der Waals surface area contributed by atoms with Crippen LogP contribution in [0.1, 0.15) is 0 Å². The average molecular weight is 205 g/mol. The molecule has 1 aromatic carbocycles. The highest BCUT2D eigenvalue weighted by Crippen LogP contribution is 2.23. The monoisotopic (exact) mass is 205 g/mol. The van der Waals surface area contributed by atoms with Gasteiger partial charge in [0.05, 0.1) is 18.1 Å². The van der Waals surface area contributed by atoms with Gasteiger partial charge in [-0.05, 0) is 12.1 Å². The Morgan fingerprint density at radius 3 is 2.47 bits per heavy atom. The van der Waals surface area contributed by atoms with E-state index in [2.05, 4.69) is 9.97 Å². The van der Waals surface area contributed by atoms with Crippen molar-refractivity contribution in [2.45, 2.75) is 0 Å². The molecule has 0 saturated carbocycles. The Morgan fingerprint density at radius 1 is 1.13 bits per heavy atom. The van der Waals surface area contributed by atoms with Gasteiger partial charge in [0.25, 0.3) is 0 Å². The quantitative estimate of drug-likeness (QED) is 0.761. The lowest BCUT2D eigenvalue weighted by molar-refractivity contribution is 0.438. The second-order valence-electron chi connectivity index (χ2n) is 2.82. The van der Waals surface area contributed by atoms with Crippen molar-refractivity contribution >= 4 is 5.69 Å². The first kappa shape index (κ1) is 9.39. The minimum atomic E-state index is -0.511. The first-order valence-corrected chi connectivity index (χ1v) is 4.25. The molecular formula is C10H8FN3O. The Labute approximate surface area is 85.5 Å². The van der Waals surface area contributed by atoms with E-state index in [1.54, 1.807) is 24.3 Å². The molecule has 2 N–H and O–H groups in total. The summed E-state index contributed by atoms with van der Waals surface area (Å²) >= 11 is 0. The van der Waals surface area contributed by atoms with E-state index in [0.717, 1.165) is 12.4 Å². The van der Waals surface area contributed by atoms with E-state index in [1.165, 1.54) is 0 Å². The highest BCUT2D eigenvalue weighted by molar-refractivity contribution is 5.52. The molecule has 2 aromatic rings. The lowest BCUT2D eigenvalue weighted by atomic mass is 10.3. The molecule has 0 aliphatic heterocycles. The third-order valence-corrected chi connectivity index (χ3v) is 1.72. The zero-order valence-corrected chi connectivity index (χ0v) is 7.72. The summed E-state index contributed by atoms with van der Waals surface area (Å²) in [6, 6.07) is 7.00. The molecular weight excluding hydrogens is 197 g/mol. The van der Waals surface area contributed by atoms with Gasteiger partial charge >= 0.3 is 6.01 Å². The molecule has 0 unspecified atom stereocenters. The lowest BCUT2D eigenvalue weighted by Crippen LogP contribution is -1.95. The molecule has 1 aromatic heterocycles. The van der Waals surface area contributed by atoms with Crippen molar-refractivity contribution < 1.29 is 9.13 Å². The molecule has 5 heteroatoms. The highest BCUT2D eigenvalue weighted by Gasteiger charge is 2.03. The molecule has 0 amide bonds. The van der Waals surface area contributed by atoms with Crippen molar-refractivity contribution in [1.29, 1.82) is 0 Å². The van der Waals surface area contributed by atoms with Crippen molar-refractivity contribution in [1.82, 2.24) is 9.97 Å². The summed E-state index contributed by atoms with van der Waals surface area (Å²) in [4.78, 5) is 7.30. The number of benzene rings is 1. The van der Waals surface area contributed by atoms with E-state index >= 15 is 0 Å². The first-order chi connectivity index (χ1) is 7.25. The van der Waals surface area contributed by atoms with Crippen LogP contribution >= 0.6 is 0 Å². The number of para-hydroxylation sites is 2. The third-order valence-electron chi connectivity index (χ3n) is 1.72. The SMILES string of the molecule is Nc1ccccc1Oc1ncc(F)cn1. The molecule has 76 valence electrons. The van der Waals surface area contributed by atoms with E-state index in [0.29, 0.717) is 11.4 Å². The Balaban J connectivity index is 2.22. The fourth-order valence-corrected chi connectivity index (χ4v) is 1.02. The summed E-state index contributed by atoms with van der Waals surface area (Å²) in [5, 5.41) is 0. The first-order valence-electron chi connectivity index (χ1n) is 4.25. The third kappa shape index (κ3) is 2.19. The number of ether oxygens (including phenoxy) is 1. The van der Waals surface area contributed by atoms with Gasteiger partial charge in [0.1, 0.15) is 0 Å². The fraction of sp³-hybridized carbons (Fsp3) is 0. The van der Waals surface area contributed by atoms with Crippen LogP contribution in [0, 0.1) is 5.82 Å². The summed E-state index contributed by atoms with van der Waals surface area (Å²) in [5.74, 6) is -0.0625. The molecule has 2 rings (SSSR count). The molecule has 0 atom stereocenters. The second kappa shape index (κ2) is 3.91. The minimum Gasteiger partial charge on any atom is -0.422 e. The van der Waals surface area contributed by atoms with Crippen LogP contribution in [0.15, 0.2) is 36.7 Å². The molecule has 0 bridgehead atoms. The zero-order chi connectivity index (χ0) is 10.7. The van der Waals surface area contributed by atoms with Gasteiger partial charge in [-0.3, -0.25) is 0 Å². The summed E-state index contributed by atoms with van der Waals surface area (Å²) in [6.07, 6.45) is 2.06. The van der Waals surface area contributed by atoms with E-state index in [4.69, 9.17) is 10.5 Å². The maximum absolute atomic E-state index is 12.5. The highest BCUT2D eigenvalue weighted by atomic mass is 19.1. The molecule has 0 fully saturated rings. The molecule has 0 aliphatic carbocycles. The van der Waals surface area contributed by atoms with Crippen LogP contribution in [0.5, 0.6) is 11.8 Å². The maximum Gasteiger partial charge on any atom is 0.322 e. The van der Waals surface area contributed by atoms with E-state index < -0.39 is 5.82 Å². The Hall–Kier alpha value is -2.17. The predicted molar refractivity (Wildman–Crippen MR) is 52.9 cm³/mol. The number of halogens is 1. The van der Waals surface area contributed by atoms with Crippen LogP contribution in [0.25, 0.3) is 0 Å². The smallest absolute Gasteiger partial charge is 0.322 e. The van der Waals surface area contributed by atoms with Crippen LogP contribution in [-0.2, 0) is 0 Å². The summed E-state index contributed by atoms with van der Waals surface area (Å²) in [6.45, 7) is 0. The Morgan fingerprint density at radius 2 is 1.80 bits per heavy atom. The molecule has 1 heterocycles. The second-order valence-corrected chi connectivity index (χ2v) is 2.82. The van der Waals surface area contributed by atoms with Crippen molar-refractivity contribution in [2.24, 2.45) is 0 Å². The van der Waals surface area contributed by atoms with Crippen LogP contribution in [0.4, 0.5) is 10.1 Å². The normalized spacial score (nSPS) is 9.93. The minimum absolute atomic E-state index is 0.0642. The van der Waals surface area contributed by atoms with Gasteiger partial charge in [0.15, 0.2) is 11.6 Å². The van der Waals surface area contributed by atoms with E-state index in [9.17, 15) is 4.39 Å². The zero-order valence-electron chi connectivity index (χ0n) is 7.72. The van der Waals surface area contributed by atoms with E-state index in [-0.39, 0.29) is 6.01 Å². The number of rotatable bonds is 2. The fourth-order valence-electron chi connectivity index (χ4n) is 1.02. The molecule has 0 saturated heterocycles. The predicted octanol–water partition coefficient (Wildman–Crippen LogP) is 1.99. The molecule has 4 nitrogen and oxygen atoms in total. The average Bonchev–Trinajstić information content (AvgIpc) is 2.25. The van der Waals surface area contributed by atoms with E-state index in [1.807, 2.05) is 0 Å². The van der Waals surface area contributed by atoms with Crippen molar-refractivity contribution in [3.63, 3.8) is 0 Å². The van der Waals surface area contributed by atoms with Gasteiger partial charge < -0.3 is 10.5 Å².